The lowest BCUT2D eigenvalue weighted by molar-refractivity contribution is -0.150. The first-order valence-electron chi connectivity index (χ1n) is 31.6. The summed E-state index contributed by atoms with van der Waals surface area (Å²) in [5, 5.41) is 15.4. The van der Waals surface area contributed by atoms with Gasteiger partial charge in [0.15, 0.2) is 0 Å². The van der Waals surface area contributed by atoms with Crippen LogP contribution in [-0.2, 0) is 46.9 Å². The standard InChI is InChI=1S/C29H40N5O8P.C25H34N4O5.C9H18NO3P/c1-5-17-15-29(17,43(39,40)41)32-24(35)22-14-18(34-21-13-9-8-12-20(21)30-26(34)37)16-33(22)25(36)23(28(2,3)4)31-27(38)42-19-10-6-7-11-19;1-25(2,3)21(27-20(30)12-15-8-4-5-9-15)22(31)28-14-16(13-19(28)23(32)33)29-18-11-7-6-10-17(18)26-24(29)34;1-4-8-7-9(8,10)14(11,12-5-2)13-6-3/h5,8-9,12-13,17-19,22-23H,1,6-7,10-11,14-16H2,2-4H3,(H,30,37)(H,31,38)(H,32,35)(H2,39,40,41);6-7,10-11,15-16,19,21H,4-5,8-9,12-14H2,1-3H3,(H,26,34)(H,27,30)(H,32,33);4,8H,1,5-7,10H2,2-3H3/t17?,18-,22?,23-,29+;16-,19+,21-;8?,9-/m110/s1. The summed E-state index contributed by atoms with van der Waals surface area (Å²) in [5.41, 5.74) is 6.35. The number of carbonyl (C=O) groups excluding carboxylic acids is 5. The zero-order valence-electron chi connectivity index (χ0n) is 53.4. The minimum absolute atomic E-state index is 0.0116. The van der Waals surface area contributed by atoms with E-state index < -0.39 is 114 Å². The van der Waals surface area contributed by atoms with Gasteiger partial charge < -0.3 is 70.1 Å². The molecule has 4 heterocycles. The number of carbonyl (C=O) groups is 6. The number of benzene rings is 2. The van der Waals surface area contributed by atoms with Crippen LogP contribution >= 0.6 is 15.2 Å². The van der Waals surface area contributed by atoms with Crippen LogP contribution in [0.5, 0.6) is 0 Å². The number of aliphatic carboxylic acids is 1. The summed E-state index contributed by atoms with van der Waals surface area (Å²) in [6.45, 7) is 22.5. The molecule has 10 rings (SSSR count). The van der Waals surface area contributed by atoms with Crippen LogP contribution < -0.4 is 33.1 Å². The van der Waals surface area contributed by atoms with Crippen molar-refractivity contribution in [2.45, 2.75) is 192 Å². The van der Waals surface area contributed by atoms with E-state index in [1.165, 1.54) is 20.4 Å². The van der Waals surface area contributed by atoms with Gasteiger partial charge >= 0.3 is 38.6 Å². The van der Waals surface area contributed by atoms with E-state index in [1.807, 2.05) is 32.9 Å². The second-order valence-corrected chi connectivity index (χ2v) is 31.3. The van der Waals surface area contributed by atoms with Crippen molar-refractivity contribution in [3.05, 3.63) is 94.8 Å². The molecule has 2 aliphatic heterocycles. The van der Waals surface area contributed by atoms with Crippen molar-refractivity contribution in [1.82, 2.24) is 44.9 Å². The van der Waals surface area contributed by atoms with Crippen molar-refractivity contribution in [3.63, 3.8) is 0 Å². The Hall–Kier alpha value is -6.66. The highest BCUT2D eigenvalue weighted by atomic mass is 31.2. The van der Waals surface area contributed by atoms with Gasteiger partial charge in [-0.25, -0.2) is 19.2 Å². The first-order valence-corrected chi connectivity index (χ1v) is 34.7. The van der Waals surface area contributed by atoms with Gasteiger partial charge in [-0.2, -0.15) is 0 Å². The Morgan fingerprint density at radius 1 is 0.714 bits per heavy atom. The Kier molecular flexibility index (Phi) is 21.5. The van der Waals surface area contributed by atoms with Crippen LogP contribution in [0.1, 0.15) is 151 Å². The fraction of sp³-hybridized carbons (Fsp3) is 0.619. The van der Waals surface area contributed by atoms with Crippen LogP contribution in [0.15, 0.2) is 83.4 Å². The summed E-state index contributed by atoms with van der Waals surface area (Å²) in [7, 11) is -7.95. The van der Waals surface area contributed by atoms with E-state index >= 15 is 0 Å². The topological polar surface area (TPSA) is 369 Å². The molecule has 6 aliphatic rings. The fourth-order valence-electron chi connectivity index (χ4n) is 13.4. The number of hydrogen-bond donors (Lipinski definition) is 9. The maximum Gasteiger partial charge on any atom is 0.408 e. The molecule has 91 heavy (non-hydrogen) atoms. The number of H-pyrrole nitrogens is 2. The molecular weight excluding hydrogens is 1210 g/mol. The van der Waals surface area contributed by atoms with Crippen molar-refractivity contribution in [2.24, 2.45) is 34.3 Å². The minimum atomic E-state index is -4.79. The molecule has 2 aromatic carbocycles. The van der Waals surface area contributed by atoms with Crippen molar-refractivity contribution < 1.29 is 66.6 Å². The van der Waals surface area contributed by atoms with Gasteiger partial charge in [0, 0.05) is 37.8 Å². The third kappa shape index (κ3) is 15.2. The number of aromatic nitrogens is 4. The molecule has 0 radical (unpaired) electrons. The van der Waals surface area contributed by atoms with Gasteiger partial charge in [0.05, 0.1) is 47.4 Å². The number of amides is 5. The molecule has 2 saturated heterocycles. The van der Waals surface area contributed by atoms with Crippen LogP contribution in [-0.4, -0.2) is 147 Å². The third-order valence-corrected chi connectivity index (χ3v) is 23.0. The van der Waals surface area contributed by atoms with E-state index in [2.05, 4.69) is 39.1 Å². The molecule has 4 aromatic rings. The van der Waals surface area contributed by atoms with E-state index in [-0.39, 0.29) is 56.0 Å². The van der Waals surface area contributed by atoms with Crippen LogP contribution in [0, 0.1) is 28.6 Å². The molecule has 2 aromatic heterocycles. The number of nitrogens with two attached hydrogens (primary N) is 1. The summed E-state index contributed by atoms with van der Waals surface area (Å²) in [6.07, 6.45) is 11.0. The molecule has 500 valence electrons. The highest BCUT2D eigenvalue weighted by Gasteiger charge is 2.67. The number of fused-ring (bicyclic) bond motifs is 2. The predicted molar refractivity (Wildman–Crippen MR) is 341 cm³/mol. The Morgan fingerprint density at radius 2 is 1.18 bits per heavy atom. The van der Waals surface area contributed by atoms with Crippen LogP contribution in [0.25, 0.3) is 22.1 Å². The fourth-order valence-corrected chi connectivity index (χ4v) is 16.8. The van der Waals surface area contributed by atoms with Gasteiger partial charge in [-0.3, -0.25) is 37.4 Å². The zero-order chi connectivity index (χ0) is 66.8. The first-order chi connectivity index (χ1) is 42.8. The molecule has 10 N–H and O–H groups in total. The lowest BCUT2D eigenvalue weighted by Gasteiger charge is -2.35. The van der Waals surface area contributed by atoms with Gasteiger partial charge in [-0.15, -0.1) is 13.2 Å². The number of aromatic amines is 2. The molecule has 10 atom stereocenters. The highest BCUT2D eigenvalue weighted by molar-refractivity contribution is 7.56. The zero-order valence-corrected chi connectivity index (χ0v) is 55.2. The maximum absolute atomic E-state index is 14.3. The predicted octanol–water partition coefficient (Wildman–Crippen LogP) is 7.53. The van der Waals surface area contributed by atoms with Crippen molar-refractivity contribution in [3.8, 4) is 0 Å². The average molecular weight is 1310 g/mol. The number of carboxylic acid groups (broad SMARTS) is 1. The largest absolute Gasteiger partial charge is 0.480 e. The number of para-hydroxylation sites is 4. The number of ether oxygens (including phenoxy) is 1. The molecule has 5 amide bonds. The van der Waals surface area contributed by atoms with E-state index in [1.54, 1.807) is 81.7 Å². The number of likely N-dealkylation sites (tertiary alicyclic amines) is 2. The second-order valence-electron chi connectivity index (χ2n) is 27.1. The number of imidazole rings is 2. The SMILES string of the molecule is C=CC1C[C@]1(N)P(=O)(OCC)OCC.C=CC1C[C@]1(NC(=O)C1C[C@@H](n2c(=O)[nH]c3ccccc32)CN1C(=O)[C@@H](NC(=O)OC1CCCC1)C(C)(C)C)P(=O)(O)O.CC(C)(C)[C@H](NC(=O)CC1CCCC1)C(=O)N1C[C@H](n2c(=O)[nH]c3ccccc32)C[C@H]1C(=O)O. The van der Waals surface area contributed by atoms with Gasteiger partial charge in [-0.1, -0.05) is 90.8 Å². The van der Waals surface area contributed by atoms with Crippen molar-refractivity contribution >= 4 is 72.9 Å². The van der Waals surface area contributed by atoms with E-state index in [0.29, 0.717) is 54.0 Å². The van der Waals surface area contributed by atoms with Gasteiger partial charge in [0.2, 0.25) is 23.6 Å². The summed E-state index contributed by atoms with van der Waals surface area (Å²) in [4.78, 5) is 134. The minimum Gasteiger partial charge on any atom is -0.480 e. The Labute approximate surface area is 529 Å². The maximum atomic E-state index is 14.3. The number of hydrogen-bond acceptors (Lipinski definition) is 14. The Balaban J connectivity index is 0.000000197. The summed E-state index contributed by atoms with van der Waals surface area (Å²) in [6, 6.07) is 8.96. The highest BCUT2D eigenvalue weighted by Crippen LogP contribution is 2.71. The molecule has 28 heteroatoms. The third-order valence-electron chi connectivity index (χ3n) is 18.6. The Bertz CT molecular complexity index is 3580. The summed E-state index contributed by atoms with van der Waals surface area (Å²) >= 11 is 0. The number of nitrogens with zero attached hydrogens (tertiary/aromatic N) is 4. The van der Waals surface area contributed by atoms with Gasteiger partial charge in [0.1, 0.15) is 40.8 Å². The molecular formula is C63H92N10O16P2. The molecule has 4 saturated carbocycles. The van der Waals surface area contributed by atoms with E-state index in [4.69, 9.17) is 19.5 Å². The molecule has 4 aliphatic carbocycles. The summed E-state index contributed by atoms with van der Waals surface area (Å²) < 4.78 is 43.7. The van der Waals surface area contributed by atoms with E-state index in [0.717, 1.165) is 51.4 Å². The molecule has 6 fully saturated rings. The second kappa shape index (κ2) is 27.9. The number of rotatable bonds is 20. The van der Waals surface area contributed by atoms with Crippen molar-refractivity contribution in [1.29, 1.82) is 0 Å². The van der Waals surface area contributed by atoms with Gasteiger partial charge in [0.25, 0.3) is 0 Å². The lowest BCUT2D eigenvalue weighted by atomic mass is 9.85. The molecule has 26 nitrogen and oxygen atoms in total. The van der Waals surface area contributed by atoms with Gasteiger partial charge in [-0.05, 0) is 113 Å². The average Bonchev–Trinajstić information content (AvgIpc) is 1.56. The van der Waals surface area contributed by atoms with Crippen LogP contribution in [0.4, 0.5) is 4.79 Å². The summed E-state index contributed by atoms with van der Waals surface area (Å²) in [5.74, 6) is -3.27. The quantitative estimate of drug-likeness (QED) is 0.0305. The monoisotopic (exact) mass is 1310 g/mol. The number of carboxylic acids is 1. The number of alkyl carbamates (subject to hydrolysis) is 1. The smallest absolute Gasteiger partial charge is 0.408 e. The molecule has 0 bridgehead atoms. The molecule has 0 spiro atoms. The Morgan fingerprint density at radius 3 is 1.62 bits per heavy atom. The molecule has 3 unspecified atom stereocenters. The number of nitrogens with one attached hydrogen (secondary N) is 5. The van der Waals surface area contributed by atoms with Crippen LogP contribution in [0.3, 0.4) is 0 Å². The normalized spacial score (nSPS) is 25.8. The first kappa shape index (κ1) is 70.2. The lowest BCUT2D eigenvalue weighted by Crippen LogP contribution is -2.58. The van der Waals surface area contributed by atoms with Crippen LogP contribution in [0.2, 0.25) is 0 Å². The van der Waals surface area contributed by atoms with E-state index in [9.17, 15) is 62.4 Å². The van der Waals surface area contributed by atoms with Crippen molar-refractivity contribution in [2.75, 3.05) is 26.3 Å².